The molecule has 1 aliphatic heterocycles. The minimum absolute atomic E-state index is 0.125. The number of hydrogen-bond acceptors (Lipinski definition) is 2. The van der Waals surface area contributed by atoms with E-state index < -0.39 is 12.0 Å². The number of rotatable bonds is 2. The van der Waals surface area contributed by atoms with Crippen LogP contribution in [-0.4, -0.2) is 34.5 Å². The van der Waals surface area contributed by atoms with Gasteiger partial charge in [0.05, 0.1) is 0 Å². The van der Waals surface area contributed by atoms with Gasteiger partial charge in [0.25, 0.3) is 5.91 Å². The Kier molecular flexibility index (Phi) is 3.78. The van der Waals surface area contributed by atoms with Crippen LogP contribution in [0.1, 0.15) is 35.2 Å². The van der Waals surface area contributed by atoms with Crippen molar-refractivity contribution in [3.05, 3.63) is 33.8 Å². The van der Waals surface area contributed by atoms with Gasteiger partial charge < -0.3 is 10.0 Å². The molecule has 0 aromatic heterocycles. The smallest absolute Gasteiger partial charge is 0.326 e. The lowest BCUT2D eigenvalue weighted by atomic mass is 9.94. The zero-order chi connectivity index (χ0) is 15.1. The summed E-state index contributed by atoms with van der Waals surface area (Å²) in [5, 5.41) is 9.52. The third kappa shape index (κ3) is 2.48. The molecule has 21 heavy (non-hydrogen) atoms. The first-order chi connectivity index (χ1) is 9.99. The van der Waals surface area contributed by atoms with Crippen LogP contribution in [0.4, 0.5) is 0 Å². The molecule has 1 saturated carbocycles. The molecular weight excluding hydrogens is 334 g/mol. The van der Waals surface area contributed by atoms with Crippen molar-refractivity contribution in [1.82, 2.24) is 4.90 Å². The van der Waals surface area contributed by atoms with Crippen molar-refractivity contribution < 1.29 is 14.7 Å². The van der Waals surface area contributed by atoms with Gasteiger partial charge in [0.15, 0.2) is 0 Å². The van der Waals surface area contributed by atoms with E-state index in [0.29, 0.717) is 18.0 Å². The number of amides is 1. The molecule has 1 aliphatic carbocycles. The summed E-state index contributed by atoms with van der Waals surface area (Å²) in [6.45, 7) is 2.53. The average molecular weight is 352 g/mol. The van der Waals surface area contributed by atoms with Gasteiger partial charge in [-0.05, 0) is 49.3 Å². The number of nitrogens with zero attached hydrogens (tertiary/aromatic N) is 1. The fourth-order valence-corrected chi connectivity index (χ4v) is 4.10. The number of hydrogen-bond donors (Lipinski definition) is 1. The molecule has 0 bridgehead atoms. The number of aryl methyl sites for hydroxylation is 1. The molecule has 1 amide bonds. The van der Waals surface area contributed by atoms with Crippen LogP contribution in [0, 0.1) is 18.8 Å². The quantitative estimate of drug-likeness (QED) is 0.890. The van der Waals surface area contributed by atoms with Gasteiger partial charge in [-0.3, -0.25) is 4.79 Å². The van der Waals surface area contributed by atoms with Gasteiger partial charge in [0.1, 0.15) is 6.04 Å². The Balaban J connectivity index is 1.89. The summed E-state index contributed by atoms with van der Waals surface area (Å²) in [5.41, 5.74) is 1.61. The molecule has 1 saturated heterocycles. The number of likely N-dealkylation sites (tertiary alicyclic amines) is 1. The van der Waals surface area contributed by atoms with E-state index in [1.165, 1.54) is 0 Å². The van der Waals surface area contributed by atoms with Crippen molar-refractivity contribution in [2.24, 2.45) is 11.8 Å². The van der Waals surface area contributed by atoms with E-state index in [-0.39, 0.29) is 11.8 Å². The summed E-state index contributed by atoms with van der Waals surface area (Å²) < 4.78 is 0.875. The van der Waals surface area contributed by atoms with E-state index >= 15 is 0 Å². The Morgan fingerprint density at radius 1 is 1.33 bits per heavy atom. The van der Waals surface area contributed by atoms with Crippen LogP contribution in [0.15, 0.2) is 22.7 Å². The summed E-state index contributed by atoms with van der Waals surface area (Å²) in [4.78, 5) is 25.9. The maximum Gasteiger partial charge on any atom is 0.326 e. The lowest BCUT2D eigenvalue weighted by Gasteiger charge is -2.24. The number of carboxylic acids is 1. The SMILES string of the molecule is Cc1ccc(C(=O)N2CC3CCCC3C2C(=O)O)cc1Br. The molecule has 5 heteroatoms. The maximum absolute atomic E-state index is 12.7. The third-order valence-electron chi connectivity index (χ3n) is 4.82. The van der Waals surface area contributed by atoms with Crippen molar-refractivity contribution in [2.75, 3.05) is 6.54 Å². The van der Waals surface area contributed by atoms with Gasteiger partial charge >= 0.3 is 5.97 Å². The Hall–Kier alpha value is -1.36. The van der Waals surface area contributed by atoms with Crippen LogP contribution < -0.4 is 0 Å². The molecule has 2 aliphatic rings. The van der Waals surface area contributed by atoms with Gasteiger partial charge in [0, 0.05) is 16.6 Å². The van der Waals surface area contributed by atoms with E-state index in [1.54, 1.807) is 17.0 Å². The highest BCUT2D eigenvalue weighted by Gasteiger charge is 2.49. The minimum Gasteiger partial charge on any atom is -0.480 e. The van der Waals surface area contributed by atoms with Crippen molar-refractivity contribution in [1.29, 1.82) is 0 Å². The van der Waals surface area contributed by atoms with Crippen LogP contribution >= 0.6 is 15.9 Å². The molecule has 3 rings (SSSR count). The van der Waals surface area contributed by atoms with Crippen LogP contribution in [0.25, 0.3) is 0 Å². The molecule has 3 atom stereocenters. The number of carbonyl (C=O) groups excluding carboxylic acids is 1. The number of halogens is 1. The van der Waals surface area contributed by atoms with Crippen molar-refractivity contribution in [3.8, 4) is 0 Å². The van der Waals surface area contributed by atoms with E-state index in [1.807, 2.05) is 13.0 Å². The highest BCUT2D eigenvalue weighted by molar-refractivity contribution is 9.10. The molecule has 112 valence electrons. The van der Waals surface area contributed by atoms with Crippen molar-refractivity contribution in [3.63, 3.8) is 0 Å². The third-order valence-corrected chi connectivity index (χ3v) is 5.68. The van der Waals surface area contributed by atoms with Crippen LogP contribution in [0.5, 0.6) is 0 Å². The predicted octanol–water partition coefficient (Wildman–Crippen LogP) is 3.08. The highest BCUT2D eigenvalue weighted by atomic mass is 79.9. The molecule has 1 heterocycles. The number of carboxylic acid groups (broad SMARTS) is 1. The van der Waals surface area contributed by atoms with E-state index in [9.17, 15) is 14.7 Å². The van der Waals surface area contributed by atoms with Crippen molar-refractivity contribution in [2.45, 2.75) is 32.2 Å². The van der Waals surface area contributed by atoms with Crippen LogP contribution in [0.3, 0.4) is 0 Å². The summed E-state index contributed by atoms with van der Waals surface area (Å²) in [6, 6.07) is 4.77. The zero-order valence-corrected chi connectivity index (χ0v) is 13.5. The number of benzene rings is 1. The molecule has 2 fully saturated rings. The first kappa shape index (κ1) is 14.6. The standard InChI is InChI=1S/C16H18BrNO3/c1-9-5-6-10(7-13(9)17)15(19)18-8-11-3-2-4-12(11)14(18)16(20)21/h5-7,11-12,14H,2-4,8H2,1H3,(H,20,21). The van der Waals surface area contributed by atoms with Gasteiger partial charge in [-0.15, -0.1) is 0 Å². The second-order valence-corrected chi connectivity index (χ2v) is 6.91. The van der Waals surface area contributed by atoms with Crippen LogP contribution in [0.2, 0.25) is 0 Å². The normalized spacial score (nSPS) is 27.7. The average Bonchev–Trinajstić information content (AvgIpc) is 3.00. The Morgan fingerprint density at radius 3 is 2.76 bits per heavy atom. The molecule has 1 aromatic rings. The second kappa shape index (κ2) is 5.44. The molecule has 0 radical (unpaired) electrons. The summed E-state index contributed by atoms with van der Waals surface area (Å²) in [5.74, 6) is -0.564. The lowest BCUT2D eigenvalue weighted by Crippen LogP contribution is -2.43. The van der Waals surface area contributed by atoms with E-state index in [4.69, 9.17) is 0 Å². The summed E-state index contributed by atoms with van der Waals surface area (Å²) >= 11 is 3.43. The Bertz CT molecular complexity index is 601. The first-order valence-electron chi connectivity index (χ1n) is 7.29. The van der Waals surface area contributed by atoms with Crippen LogP contribution in [-0.2, 0) is 4.79 Å². The van der Waals surface area contributed by atoms with E-state index in [2.05, 4.69) is 15.9 Å². The summed E-state index contributed by atoms with van der Waals surface area (Å²) in [7, 11) is 0. The highest BCUT2D eigenvalue weighted by Crippen LogP contribution is 2.42. The Labute approximate surface area is 132 Å². The predicted molar refractivity (Wildman–Crippen MR) is 82.2 cm³/mol. The topological polar surface area (TPSA) is 57.6 Å². The number of aliphatic carboxylic acids is 1. The first-order valence-corrected chi connectivity index (χ1v) is 8.08. The summed E-state index contributed by atoms with van der Waals surface area (Å²) in [6.07, 6.45) is 3.04. The van der Waals surface area contributed by atoms with Gasteiger partial charge in [0.2, 0.25) is 0 Å². The second-order valence-electron chi connectivity index (χ2n) is 6.06. The Morgan fingerprint density at radius 2 is 2.10 bits per heavy atom. The molecule has 3 unspecified atom stereocenters. The fraction of sp³-hybridized carbons (Fsp3) is 0.500. The van der Waals surface area contributed by atoms with Crippen molar-refractivity contribution >= 4 is 27.8 Å². The molecular formula is C16H18BrNO3. The monoisotopic (exact) mass is 351 g/mol. The maximum atomic E-state index is 12.7. The molecule has 0 spiro atoms. The number of carbonyl (C=O) groups is 2. The fourth-order valence-electron chi connectivity index (χ4n) is 3.72. The molecule has 1 N–H and O–H groups in total. The zero-order valence-electron chi connectivity index (χ0n) is 11.9. The molecule has 1 aromatic carbocycles. The largest absolute Gasteiger partial charge is 0.480 e. The van der Waals surface area contributed by atoms with E-state index in [0.717, 1.165) is 29.3 Å². The lowest BCUT2D eigenvalue weighted by molar-refractivity contribution is -0.142. The molecule has 4 nitrogen and oxygen atoms in total. The number of fused-ring (bicyclic) bond motifs is 1. The van der Waals surface area contributed by atoms with Gasteiger partial charge in [-0.2, -0.15) is 0 Å². The minimum atomic E-state index is -0.871. The van der Waals surface area contributed by atoms with Gasteiger partial charge in [-0.1, -0.05) is 28.4 Å². The van der Waals surface area contributed by atoms with Gasteiger partial charge in [-0.25, -0.2) is 4.79 Å².